The molecule has 0 saturated carbocycles. The van der Waals surface area contributed by atoms with E-state index in [2.05, 4.69) is 0 Å². The number of nitrogens with zero attached hydrogens (tertiary/aromatic N) is 1. The molecule has 1 aliphatic carbocycles. The zero-order valence-electron chi connectivity index (χ0n) is 18.9. The lowest BCUT2D eigenvalue weighted by molar-refractivity contribution is -0.159. The van der Waals surface area contributed by atoms with Gasteiger partial charge in [0.25, 0.3) is 0 Å². The Labute approximate surface area is 192 Å². The van der Waals surface area contributed by atoms with Gasteiger partial charge in [0.15, 0.2) is 0 Å². The minimum absolute atomic E-state index is 0.0506. The van der Waals surface area contributed by atoms with Gasteiger partial charge in [0.1, 0.15) is 23.8 Å². The fourth-order valence-electron chi connectivity index (χ4n) is 4.54. The first-order valence-electron chi connectivity index (χ1n) is 10.9. The van der Waals surface area contributed by atoms with Crippen LogP contribution < -0.4 is 5.73 Å². The second-order valence-corrected chi connectivity index (χ2v) is 9.65. The van der Waals surface area contributed by atoms with Gasteiger partial charge in [0.2, 0.25) is 0 Å². The van der Waals surface area contributed by atoms with E-state index in [4.69, 9.17) is 15.2 Å². The lowest BCUT2D eigenvalue weighted by Gasteiger charge is -2.27. The molecule has 1 amide bonds. The molecule has 0 unspecified atom stereocenters. The van der Waals surface area contributed by atoms with E-state index in [1.54, 1.807) is 20.8 Å². The van der Waals surface area contributed by atoms with Crippen LogP contribution in [-0.2, 0) is 19.1 Å². The minimum Gasteiger partial charge on any atom is -0.480 e. The number of hydrogen-bond donors (Lipinski definition) is 2. The van der Waals surface area contributed by atoms with E-state index in [1.807, 2.05) is 48.5 Å². The molecule has 2 atom stereocenters. The molecular formula is C25H28N2O6. The Kier molecular flexibility index (Phi) is 5.66. The first kappa shape index (κ1) is 22.8. The van der Waals surface area contributed by atoms with Crippen molar-refractivity contribution >= 4 is 18.0 Å². The third kappa shape index (κ3) is 4.30. The van der Waals surface area contributed by atoms with Crippen molar-refractivity contribution in [3.8, 4) is 11.1 Å². The Balaban J connectivity index is 1.54. The molecule has 1 saturated heterocycles. The molecule has 1 heterocycles. The summed E-state index contributed by atoms with van der Waals surface area (Å²) in [5.74, 6) is -2.15. The van der Waals surface area contributed by atoms with E-state index >= 15 is 0 Å². The van der Waals surface area contributed by atoms with Gasteiger partial charge >= 0.3 is 18.0 Å². The van der Waals surface area contributed by atoms with E-state index < -0.39 is 35.2 Å². The number of nitrogens with two attached hydrogens (primary N) is 1. The van der Waals surface area contributed by atoms with Crippen LogP contribution in [-0.4, -0.2) is 58.4 Å². The zero-order chi connectivity index (χ0) is 24.0. The molecule has 2 aliphatic rings. The lowest BCUT2D eigenvalue weighted by Crippen LogP contribution is -2.50. The number of likely N-dealkylation sites (tertiary alicyclic amines) is 1. The third-order valence-corrected chi connectivity index (χ3v) is 6.06. The average molecular weight is 453 g/mol. The summed E-state index contributed by atoms with van der Waals surface area (Å²) in [7, 11) is 0. The Morgan fingerprint density at radius 3 is 2.12 bits per heavy atom. The molecule has 33 heavy (non-hydrogen) atoms. The monoisotopic (exact) mass is 452 g/mol. The average Bonchev–Trinajstić information content (AvgIpc) is 3.28. The molecule has 1 fully saturated rings. The predicted molar refractivity (Wildman–Crippen MR) is 121 cm³/mol. The molecule has 3 N–H and O–H groups in total. The highest BCUT2D eigenvalue weighted by Gasteiger charge is 2.53. The molecule has 8 nitrogen and oxygen atoms in total. The third-order valence-electron chi connectivity index (χ3n) is 6.06. The highest BCUT2D eigenvalue weighted by Crippen LogP contribution is 2.44. The van der Waals surface area contributed by atoms with Crippen LogP contribution in [0.25, 0.3) is 11.1 Å². The van der Waals surface area contributed by atoms with Crippen LogP contribution in [0.15, 0.2) is 48.5 Å². The largest absolute Gasteiger partial charge is 0.480 e. The SMILES string of the molecule is CC(C)(C)OC(=O)[C@H]1C[C@](N)(C(=O)O)CN1C(=O)OCC1c2ccccc2-c2ccccc21. The Morgan fingerprint density at radius 2 is 1.61 bits per heavy atom. The molecule has 0 bridgehead atoms. The molecule has 0 aromatic heterocycles. The van der Waals surface area contributed by atoms with Gasteiger partial charge in [0, 0.05) is 12.3 Å². The van der Waals surface area contributed by atoms with Gasteiger partial charge in [-0.25, -0.2) is 9.59 Å². The summed E-state index contributed by atoms with van der Waals surface area (Å²) in [5, 5.41) is 9.57. The number of amides is 1. The first-order valence-corrected chi connectivity index (χ1v) is 10.9. The number of carboxylic acid groups (broad SMARTS) is 1. The highest BCUT2D eigenvalue weighted by molar-refractivity contribution is 5.88. The molecular weight excluding hydrogens is 424 g/mol. The maximum Gasteiger partial charge on any atom is 0.410 e. The number of benzene rings is 2. The van der Waals surface area contributed by atoms with E-state index in [0.29, 0.717) is 0 Å². The van der Waals surface area contributed by atoms with Gasteiger partial charge in [-0.2, -0.15) is 0 Å². The van der Waals surface area contributed by atoms with Crippen LogP contribution in [0.1, 0.15) is 44.2 Å². The summed E-state index contributed by atoms with van der Waals surface area (Å²) in [5.41, 5.74) is 7.74. The zero-order valence-corrected chi connectivity index (χ0v) is 18.9. The smallest absolute Gasteiger partial charge is 0.410 e. The molecule has 2 aromatic carbocycles. The number of fused-ring (bicyclic) bond motifs is 3. The molecule has 174 valence electrons. The van der Waals surface area contributed by atoms with Crippen LogP contribution >= 0.6 is 0 Å². The first-order chi connectivity index (χ1) is 15.5. The van der Waals surface area contributed by atoms with Gasteiger partial charge in [0.05, 0.1) is 6.54 Å². The predicted octanol–water partition coefficient (Wildman–Crippen LogP) is 3.13. The number of esters is 1. The highest BCUT2D eigenvalue weighted by atomic mass is 16.6. The quantitative estimate of drug-likeness (QED) is 0.684. The Hall–Kier alpha value is -3.39. The number of aliphatic carboxylic acids is 1. The number of carboxylic acids is 1. The van der Waals surface area contributed by atoms with Gasteiger partial charge < -0.3 is 20.3 Å². The minimum atomic E-state index is -1.76. The van der Waals surface area contributed by atoms with Crippen LogP contribution in [0.5, 0.6) is 0 Å². The maximum atomic E-state index is 13.1. The summed E-state index contributed by atoms with van der Waals surface area (Å²) >= 11 is 0. The second kappa shape index (κ2) is 8.19. The summed E-state index contributed by atoms with van der Waals surface area (Å²) in [6.07, 6.45) is -1.04. The van der Waals surface area contributed by atoms with Crippen LogP contribution in [0.4, 0.5) is 4.79 Å². The van der Waals surface area contributed by atoms with Crippen molar-refractivity contribution in [3.05, 3.63) is 59.7 Å². The fourth-order valence-corrected chi connectivity index (χ4v) is 4.54. The maximum absolute atomic E-state index is 13.1. The van der Waals surface area contributed by atoms with E-state index in [0.717, 1.165) is 27.2 Å². The summed E-state index contributed by atoms with van der Waals surface area (Å²) in [4.78, 5) is 38.6. The topological polar surface area (TPSA) is 119 Å². The van der Waals surface area contributed by atoms with Crippen molar-refractivity contribution in [3.63, 3.8) is 0 Å². The van der Waals surface area contributed by atoms with E-state index in [-0.39, 0.29) is 25.5 Å². The van der Waals surface area contributed by atoms with Crippen LogP contribution in [0, 0.1) is 0 Å². The van der Waals surface area contributed by atoms with Gasteiger partial charge in [-0.05, 0) is 43.0 Å². The Bertz CT molecular complexity index is 1060. The van der Waals surface area contributed by atoms with Crippen LogP contribution in [0.2, 0.25) is 0 Å². The summed E-state index contributed by atoms with van der Waals surface area (Å²) < 4.78 is 11.0. The van der Waals surface area contributed by atoms with Crippen molar-refractivity contribution < 1.29 is 29.0 Å². The normalized spacial score (nSPS) is 21.9. The standard InChI is InChI=1S/C25H28N2O6/c1-24(2,3)33-21(28)20-12-25(26,22(29)30)14-27(20)23(31)32-13-19-17-10-6-4-8-15(17)16-9-5-7-11-18(16)19/h4-11,19-20H,12-14,26H2,1-3H3,(H,29,30)/t20-,25-/m1/s1. The van der Waals surface area contributed by atoms with Crippen molar-refractivity contribution in [2.45, 2.75) is 50.3 Å². The van der Waals surface area contributed by atoms with Crippen molar-refractivity contribution in [2.24, 2.45) is 5.73 Å². The molecule has 2 aromatic rings. The second-order valence-electron chi connectivity index (χ2n) is 9.65. The van der Waals surface area contributed by atoms with Gasteiger partial charge in [-0.3, -0.25) is 9.69 Å². The summed E-state index contributed by atoms with van der Waals surface area (Å²) in [6, 6.07) is 14.7. The molecule has 4 rings (SSSR count). The summed E-state index contributed by atoms with van der Waals surface area (Å²) in [6.45, 7) is 4.80. The number of carbonyl (C=O) groups excluding carboxylic acids is 2. The lowest BCUT2D eigenvalue weighted by atomic mass is 9.97. The fraction of sp³-hybridized carbons (Fsp3) is 0.400. The molecule has 8 heteroatoms. The number of hydrogen-bond acceptors (Lipinski definition) is 6. The molecule has 0 spiro atoms. The van der Waals surface area contributed by atoms with Crippen molar-refractivity contribution in [2.75, 3.05) is 13.2 Å². The van der Waals surface area contributed by atoms with Crippen molar-refractivity contribution in [1.82, 2.24) is 4.90 Å². The molecule has 1 aliphatic heterocycles. The van der Waals surface area contributed by atoms with E-state index in [9.17, 15) is 19.5 Å². The van der Waals surface area contributed by atoms with Gasteiger partial charge in [-0.15, -0.1) is 0 Å². The van der Waals surface area contributed by atoms with Crippen LogP contribution in [0.3, 0.4) is 0 Å². The van der Waals surface area contributed by atoms with Gasteiger partial charge in [-0.1, -0.05) is 48.5 Å². The number of ether oxygens (including phenoxy) is 2. The van der Waals surface area contributed by atoms with Crippen molar-refractivity contribution in [1.29, 1.82) is 0 Å². The number of rotatable bonds is 4. The Morgan fingerprint density at radius 1 is 1.06 bits per heavy atom. The van der Waals surface area contributed by atoms with E-state index in [1.165, 1.54) is 0 Å². The molecule has 0 radical (unpaired) electrons. The number of carbonyl (C=O) groups is 3.